The van der Waals surface area contributed by atoms with Crippen LogP contribution in [0.3, 0.4) is 0 Å². The van der Waals surface area contributed by atoms with Gasteiger partial charge in [-0.1, -0.05) is 24.3 Å². The van der Waals surface area contributed by atoms with Crippen LogP contribution in [0, 0.1) is 0 Å². The van der Waals surface area contributed by atoms with Crippen LogP contribution in [0.15, 0.2) is 24.3 Å². The molecule has 1 N–H and O–H groups in total. The third kappa shape index (κ3) is 2.74. The highest BCUT2D eigenvalue weighted by atomic mass is 16.5. The van der Waals surface area contributed by atoms with Gasteiger partial charge in [-0.05, 0) is 31.4 Å². The fraction of sp³-hybridized carbons (Fsp3) is 0.600. The van der Waals surface area contributed by atoms with E-state index in [1.165, 1.54) is 11.1 Å². The van der Waals surface area contributed by atoms with E-state index in [1.807, 2.05) is 19.9 Å². The summed E-state index contributed by atoms with van der Waals surface area (Å²) in [4.78, 5) is 0. The highest BCUT2D eigenvalue weighted by Gasteiger charge is 2.34. The van der Waals surface area contributed by atoms with E-state index in [0.717, 1.165) is 13.0 Å². The summed E-state index contributed by atoms with van der Waals surface area (Å²) >= 11 is 0. The highest BCUT2D eigenvalue weighted by Crippen LogP contribution is 2.34. The van der Waals surface area contributed by atoms with Crippen LogP contribution in [0.25, 0.3) is 0 Å². The summed E-state index contributed by atoms with van der Waals surface area (Å²) < 4.78 is 11.1. The molecule has 0 aliphatic carbocycles. The van der Waals surface area contributed by atoms with Crippen molar-refractivity contribution in [1.82, 2.24) is 0 Å². The maximum Gasteiger partial charge on any atom is 0.0905 e. The molecule has 0 radical (unpaired) electrons. The van der Waals surface area contributed by atoms with Crippen molar-refractivity contribution < 1.29 is 14.6 Å². The van der Waals surface area contributed by atoms with Gasteiger partial charge in [0.15, 0.2) is 0 Å². The van der Waals surface area contributed by atoms with E-state index >= 15 is 0 Å². The normalized spacial score (nSPS) is 24.1. The van der Waals surface area contributed by atoms with Gasteiger partial charge in [0.1, 0.15) is 0 Å². The van der Waals surface area contributed by atoms with Gasteiger partial charge < -0.3 is 14.6 Å². The summed E-state index contributed by atoms with van der Waals surface area (Å²) in [6.07, 6.45) is 1.26. The van der Waals surface area contributed by atoms with E-state index < -0.39 is 5.60 Å². The van der Waals surface area contributed by atoms with Crippen LogP contribution in [-0.4, -0.2) is 30.5 Å². The molecule has 1 aliphatic rings. The molecule has 1 aromatic carbocycles. The Labute approximate surface area is 109 Å². The molecule has 0 bridgehead atoms. The predicted molar refractivity (Wildman–Crippen MR) is 70.6 cm³/mol. The van der Waals surface area contributed by atoms with Crippen molar-refractivity contribution in [3.05, 3.63) is 35.4 Å². The van der Waals surface area contributed by atoms with E-state index in [-0.39, 0.29) is 12.2 Å². The van der Waals surface area contributed by atoms with E-state index in [9.17, 15) is 5.11 Å². The lowest BCUT2D eigenvalue weighted by Crippen LogP contribution is -2.41. The molecular weight excluding hydrogens is 228 g/mol. The minimum atomic E-state index is -0.885. The van der Waals surface area contributed by atoms with Gasteiger partial charge in [0.05, 0.1) is 24.4 Å². The number of hydrogen-bond acceptors (Lipinski definition) is 3. The zero-order valence-corrected chi connectivity index (χ0v) is 11.3. The fourth-order valence-corrected chi connectivity index (χ4v) is 2.44. The van der Waals surface area contributed by atoms with Crippen molar-refractivity contribution in [3.8, 4) is 0 Å². The molecule has 3 heteroatoms. The van der Waals surface area contributed by atoms with Gasteiger partial charge in [0.2, 0.25) is 0 Å². The van der Waals surface area contributed by atoms with Gasteiger partial charge in [-0.3, -0.25) is 0 Å². The number of hydrogen-bond donors (Lipinski definition) is 1. The molecule has 2 rings (SSSR count). The first-order valence-corrected chi connectivity index (χ1v) is 6.49. The molecule has 0 saturated heterocycles. The van der Waals surface area contributed by atoms with Gasteiger partial charge in [-0.2, -0.15) is 0 Å². The molecule has 3 unspecified atom stereocenters. The maximum atomic E-state index is 10.5. The second kappa shape index (κ2) is 5.39. The molecule has 3 atom stereocenters. The molecule has 3 nitrogen and oxygen atoms in total. The maximum absolute atomic E-state index is 10.5. The van der Waals surface area contributed by atoms with Crippen molar-refractivity contribution in [2.45, 2.75) is 44.5 Å². The Morgan fingerprint density at radius 3 is 2.94 bits per heavy atom. The minimum absolute atomic E-state index is 0.0393. The van der Waals surface area contributed by atoms with Gasteiger partial charge in [-0.15, -0.1) is 0 Å². The van der Waals surface area contributed by atoms with Gasteiger partial charge in [0.25, 0.3) is 0 Å². The lowest BCUT2D eigenvalue weighted by atomic mass is 9.87. The summed E-state index contributed by atoms with van der Waals surface area (Å²) in [5, 5.41) is 10.5. The quantitative estimate of drug-likeness (QED) is 0.892. The van der Waals surface area contributed by atoms with E-state index in [0.29, 0.717) is 6.42 Å². The van der Waals surface area contributed by atoms with Crippen LogP contribution in [0.1, 0.15) is 37.5 Å². The standard InChI is InChI=1S/C15H22O3/c1-11(17-3)15(2,16)10-14-13-7-5-4-6-12(13)8-9-18-14/h4-7,11,14,16H,8-10H2,1-3H3. The fourth-order valence-electron chi connectivity index (χ4n) is 2.44. The van der Waals surface area contributed by atoms with Crippen molar-refractivity contribution in [3.63, 3.8) is 0 Å². The number of methoxy groups -OCH3 is 1. The minimum Gasteiger partial charge on any atom is -0.387 e. The Balaban J connectivity index is 2.16. The molecule has 0 saturated carbocycles. The monoisotopic (exact) mass is 250 g/mol. The first-order chi connectivity index (χ1) is 8.54. The third-order valence-corrected chi connectivity index (χ3v) is 3.92. The van der Waals surface area contributed by atoms with Crippen LogP contribution in [0.4, 0.5) is 0 Å². The number of rotatable bonds is 4. The van der Waals surface area contributed by atoms with Gasteiger partial charge in [0, 0.05) is 13.5 Å². The Bertz CT molecular complexity index is 400. The summed E-state index contributed by atoms with van der Waals surface area (Å²) in [5.74, 6) is 0. The van der Waals surface area contributed by atoms with Crippen LogP contribution in [-0.2, 0) is 15.9 Å². The van der Waals surface area contributed by atoms with Crippen LogP contribution in [0.2, 0.25) is 0 Å². The predicted octanol–water partition coefficient (Wildman–Crippen LogP) is 2.48. The Kier molecular flexibility index (Phi) is 4.05. The first kappa shape index (κ1) is 13.5. The average Bonchev–Trinajstić information content (AvgIpc) is 2.38. The smallest absolute Gasteiger partial charge is 0.0905 e. The van der Waals surface area contributed by atoms with Crippen LogP contribution in [0.5, 0.6) is 0 Å². The number of ether oxygens (including phenoxy) is 2. The second-order valence-electron chi connectivity index (χ2n) is 5.25. The number of fused-ring (bicyclic) bond motifs is 1. The highest BCUT2D eigenvalue weighted by molar-refractivity contribution is 5.31. The molecule has 1 aliphatic heterocycles. The molecule has 0 aromatic heterocycles. The molecule has 100 valence electrons. The lowest BCUT2D eigenvalue weighted by Gasteiger charge is -2.35. The number of aliphatic hydroxyl groups is 1. The van der Waals surface area contributed by atoms with Crippen LogP contribution >= 0.6 is 0 Å². The molecular formula is C15H22O3. The molecule has 0 fully saturated rings. The SMILES string of the molecule is COC(C)C(C)(O)CC1OCCc2ccccc21. The average molecular weight is 250 g/mol. The van der Waals surface area contributed by atoms with Crippen molar-refractivity contribution in [2.24, 2.45) is 0 Å². The van der Waals surface area contributed by atoms with Crippen molar-refractivity contribution in [1.29, 1.82) is 0 Å². The van der Waals surface area contributed by atoms with Crippen molar-refractivity contribution in [2.75, 3.05) is 13.7 Å². The third-order valence-electron chi connectivity index (χ3n) is 3.92. The molecule has 0 spiro atoms. The van der Waals surface area contributed by atoms with Crippen molar-refractivity contribution >= 4 is 0 Å². The van der Waals surface area contributed by atoms with Crippen LogP contribution < -0.4 is 0 Å². The molecule has 0 amide bonds. The molecule has 1 heterocycles. The van der Waals surface area contributed by atoms with Gasteiger partial charge in [-0.25, -0.2) is 0 Å². The number of benzene rings is 1. The summed E-state index contributed by atoms with van der Waals surface area (Å²) in [6, 6.07) is 8.30. The summed E-state index contributed by atoms with van der Waals surface area (Å²) in [7, 11) is 1.62. The lowest BCUT2D eigenvalue weighted by molar-refractivity contribution is -0.108. The van der Waals surface area contributed by atoms with Gasteiger partial charge >= 0.3 is 0 Å². The van der Waals surface area contributed by atoms with E-state index in [2.05, 4.69) is 18.2 Å². The first-order valence-electron chi connectivity index (χ1n) is 6.49. The zero-order valence-electron chi connectivity index (χ0n) is 11.3. The summed E-state index contributed by atoms with van der Waals surface area (Å²) in [6.45, 7) is 4.41. The largest absolute Gasteiger partial charge is 0.387 e. The molecule has 18 heavy (non-hydrogen) atoms. The second-order valence-corrected chi connectivity index (χ2v) is 5.25. The Morgan fingerprint density at radius 1 is 1.50 bits per heavy atom. The summed E-state index contributed by atoms with van der Waals surface area (Å²) in [5.41, 5.74) is 1.64. The molecule has 1 aromatic rings. The van der Waals surface area contributed by atoms with E-state index in [1.54, 1.807) is 7.11 Å². The Morgan fingerprint density at radius 2 is 2.22 bits per heavy atom. The van der Waals surface area contributed by atoms with E-state index in [4.69, 9.17) is 9.47 Å². The zero-order chi connectivity index (χ0) is 13.2. The Hall–Kier alpha value is -0.900. The topological polar surface area (TPSA) is 38.7 Å².